The Balaban J connectivity index is 0.00000209. The molecular formula is C57H80N6O13S. The molecule has 19 nitrogen and oxygen atoms in total. The van der Waals surface area contributed by atoms with Crippen molar-refractivity contribution in [3.05, 3.63) is 107 Å². The van der Waals surface area contributed by atoms with Crippen molar-refractivity contribution in [2.24, 2.45) is 29.6 Å². The van der Waals surface area contributed by atoms with E-state index in [0.717, 1.165) is 22.4 Å². The number of aryl methyl sites for hydroxylation is 1. The normalized spacial score (nSPS) is 18.3. The third kappa shape index (κ3) is 21.4. The first-order chi connectivity index (χ1) is 36.4. The predicted octanol–water partition coefficient (Wildman–Crippen LogP) is 5.04. The molecule has 2 fully saturated rings. The molecule has 0 bridgehead atoms. The number of Topliss-reactive ketones (excluding diaryl/α,β-unsaturated/α-hetero) is 3. The maximum atomic E-state index is 14.7. The van der Waals surface area contributed by atoms with Crippen LogP contribution in [0.1, 0.15) is 97.3 Å². The molecule has 2 amide bonds. The zero-order chi connectivity index (χ0) is 56.3. The summed E-state index contributed by atoms with van der Waals surface area (Å²) in [5.41, 5.74) is 11.1. The van der Waals surface area contributed by atoms with Gasteiger partial charge in [0.15, 0.2) is 28.8 Å². The van der Waals surface area contributed by atoms with E-state index >= 15 is 0 Å². The van der Waals surface area contributed by atoms with Crippen LogP contribution in [0.2, 0.25) is 0 Å². The van der Waals surface area contributed by atoms with Crippen LogP contribution >= 0.6 is 0 Å². The summed E-state index contributed by atoms with van der Waals surface area (Å²) in [5.74, 6) is -2.89. The summed E-state index contributed by atoms with van der Waals surface area (Å²) in [6.07, 6.45) is 4.04. The second kappa shape index (κ2) is 29.1. The number of nitrogens with one attached hydrogen (secondary N) is 5. The quantitative estimate of drug-likeness (QED) is 0.0201. The highest BCUT2D eigenvalue weighted by Crippen LogP contribution is 2.33. The number of carbonyl (C=O) groups is 6. The van der Waals surface area contributed by atoms with Gasteiger partial charge in [-0.25, -0.2) is 8.42 Å². The molecule has 77 heavy (non-hydrogen) atoms. The van der Waals surface area contributed by atoms with Crippen molar-refractivity contribution in [1.82, 2.24) is 27.0 Å². The van der Waals surface area contributed by atoms with E-state index in [2.05, 4.69) is 27.0 Å². The summed E-state index contributed by atoms with van der Waals surface area (Å²) in [5, 5.41) is 6.10. The van der Waals surface area contributed by atoms with Gasteiger partial charge in [-0.05, 0) is 80.2 Å². The van der Waals surface area contributed by atoms with E-state index in [1.807, 2.05) is 100 Å². The number of hydrazine groups is 2. The molecule has 5 atom stereocenters. The van der Waals surface area contributed by atoms with E-state index in [1.165, 1.54) is 0 Å². The number of rotatable bonds is 29. The van der Waals surface area contributed by atoms with Crippen molar-refractivity contribution in [3.63, 3.8) is 0 Å². The Kier molecular flexibility index (Phi) is 23.4. The van der Waals surface area contributed by atoms with Crippen LogP contribution in [0.3, 0.4) is 0 Å². The molecule has 3 aromatic carbocycles. The summed E-state index contributed by atoms with van der Waals surface area (Å²) in [4.78, 5) is 84.4. The van der Waals surface area contributed by atoms with Gasteiger partial charge in [0, 0.05) is 42.7 Å². The van der Waals surface area contributed by atoms with Crippen molar-refractivity contribution in [2.45, 2.75) is 118 Å². The van der Waals surface area contributed by atoms with E-state index in [1.54, 1.807) is 33.0 Å². The van der Waals surface area contributed by atoms with Gasteiger partial charge in [-0.1, -0.05) is 102 Å². The lowest BCUT2D eigenvalue weighted by molar-refractivity contribution is -0.940. The van der Waals surface area contributed by atoms with Gasteiger partial charge in [0.25, 0.3) is 0 Å². The Labute approximate surface area is 454 Å². The Hall–Kier alpha value is -6.03. The van der Waals surface area contributed by atoms with Crippen molar-refractivity contribution in [2.75, 3.05) is 52.3 Å². The fourth-order valence-electron chi connectivity index (χ4n) is 9.28. The highest BCUT2D eigenvalue weighted by atomic mass is 32.2. The van der Waals surface area contributed by atoms with E-state index in [-0.39, 0.29) is 73.4 Å². The first-order valence-corrected chi connectivity index (χ1v) is 28.4. The van der Waals surface area contributed by atoms with Crippen LogP contribution in [-0.4, -0.2) is 123 Å². The predicted molar refractivity (Wildman–Crippen MR) is 288 cm³/mol. The van der Waals surface area contributed by atoms with Gasteiger partial charge in [-0.3, -0.25) is 28.8 Å². The number of ether oxygens (including phenoxy) is 4. The molecule has 5 N–H and O–H groups in total. The highest BCUT2D eigenvalue weighted by Gasteiger charge is 2.50. The van der Waals surface area contributed by atoms with Gasteiger partial charge < -0.3 is 49.5 Å². The summed E-state index contributed by atoms with van der Waals surface area (Å²) in [6.45, 7) is 16.3. The average Bonchev–Trinajstić information content (AvgIpc) is 3.93. The topological polar surface area (TPSA) is 260 Å². The molecule has 0 spiro atoms. The molecule has 3 heterocycles. The van der Waals surface area contributed by atoms with E-state index in [0.29, 0.717) is 87.4 Å². The van der Waals surface area contributed by atoms with Crippen LogP contribution in [-0.2, 0) is 67.7 Å². The summed E-state index contributed by atoms with van der Waals surface area (Å²) >= 11 is 0. The number of hydrogen-bond donors (Lipinski definition) is 5. The maximum absolute atomic E-state index is 14.7. The summed E-state index contributed by atoms with van der Waals surface area (Å²) < 4.78 is 50.8. The molecule has 3 aliphatic rings. The highest BCUT2D eigenvalue weighted by molar-refractivity contribution is 7.84. The Morgan fingerprint density at radius 3 is 1.94 bits per heavy atom. The largest absolute Gasteiger partial charge is 0.748 e. The van der Waals surface area contributed by atoms with Crippen LogP contribution in [0.4, 0.5) is 0 Å². The number of quaternary nitrogens is 1. The lowest BCUT2D eigenvalue weighted by atomic mass is 9.87. The molecule has 6 rings (SSSR count). The van der Waals surface area contributed by atoms with Crippen LogP contribution in [0.5, 0.6) is 11.5 Å². The minimum absolute atomic E-state index is 0.00998. The Morgan fingerprint density at radius 1 is 0.779 bits per heavy atom. The second-order valence-corrected chi connectivity index (χ2v) is 23.3. The van der Waals surface area contributed by atoms with Crippen molar-refractivity contribution in [3.8, 4) is 11.5 Å². The zero-order valence-electron chi connectivity index (χ0n) is 45.9. The number of nitrogens with zero attached hydrogens (tertiary/aromatic N) is 1. The second-order valence-electron chi connectivity index (χ2n) is 21.9. The van der Waals surface area contributed by atoms with Gasteiger partial charge in [-0.15, -0.1) is 0 Å². The number of hydrogen-bond acceptors (Lipinski definition) is 16. The van der Waals surface area contributed by atoms with E-state index in [4.69, 9.17) is 31.9 Å². The molecule has 20 heteroatoms. The molecule has 3 aliphatic heterocycles. The number of benzene rings is 3. The third-order valence-electron chi connectivity index (χ3n) is 13.5. The number of carbonyl (C=O) groups excluding carboxylic acids is 6. The minimum atomic E-state index is -3.92. The van der Waals surface area contributed by atoms with Gasteiger partial charge in [0.1, 0.15) is 38.4 Å². The number of ketones is 3. The smallest absolute Gasteiger partial charge is 0.313 e. The third-order valence-corrected chi connectivity index (χ3v) is 13.5. The molecule has 0 radical (unpaired) electrons. The lowest BCUT2D eigenvalue weighted by Crippen LogP contribution is -2.57. The van der Waals surface area contributed by atoms with Gasteiger partial charge in [0.05, 0.1) is 53.6 Å². The molecule has 422 valence electrons. The molecular weight excluding hydrogens is 1010 g/mol. The van der Waals surface area contributed by atoms with Gasteiger partial charge in [-0.2, -0.15) is 5.53 Å². The minimum Gasteiger partial charge on any atom is -0.748 e. The number of morpholine rings is 1. The standard InChI is InChI=1S/C56H76N6O10.CH4O3S/c1-37(2)26-47(49(64)31-44(28-41-16-12-9-13-17-41)54(67)59-48(27-38(3)4)52(65)56(7)36-71-56)58-53(66)43(20-18-40-14-10-8-11-15-40)30-46(63)34-62(22-24-69-25-23-62)33-42-19-21-50(72-55(68)39(5)6)51(29-42)70-35-45-32-57-61-60-45;1-5(2,3)4/h8-17,19,21,29,32,37-39,43-44,47-48,57,60-61H,18,20,22-28,30-31,33-36H2,1-7H3,(H-,58,59,66,67);1H3,(H,2,3,4)/t43-,44-,47+,48+,56-;/m1./s1. The number of amides is 2. The van der Waals surface area contributed by atoms with Crippen molar-refractivity contribution in [1.29, 1.82) is 0 Å². The fraction of sp³-hybridized carbons (Fsp3) is 0.544. The Bertz CT molecular complexity index is 2590. The zero-order valence-corrected chi connectivity index (χ0v) is 46.7. The fourth-order valence-corrected chi connectivity index (χ4v) is 9.28. The first-order valence-electron chi connectivity index (χ1n) is 26.6. The average molecular weight is 1090 g/mol. The SMILES string of the molecule is CC(C)C[C@H](NC(=O)[C@H](CCc1ccccc1)CC(=O)C[N+]1(Cc2ccc(OC(=O)C(C)C)c(OCC3=CNNN3)c2)CCOCC1)C(=O)C[C@@H](Cc1ccccc1)C(=O)N[C@@H](CC(C)C)C(=O)[C@@]1(C)CO1.CS(=O)(=O)[O-]. The van der Waals surface area contributed by atoms with Crippen molar-refractivity contribution < 1.29 is 65.2 Å². The Morgan fingerprint density at radius 2 is 1.36 bits per heavy atom. The number of epoxide rings is 1. The van der Waals surface area contributed by atoms with Crippen LogP contribution in [0, 0.1) is 29.6 Å². The lowest BCUT2D eigenvalue weighted by Gasteiger charge is -2.41. The maximum Gasteiger partial charge on any atom is 0.313 e. The molecule has 3 aromatic rings. The number of esters is 1. The van der Waals surface area contributed by atoms with Crippen LogP contribution in [0.25, 0.3) is 0 Å². The molecule has 2 saturated heterocycles. The monoisotopic (exact) mass is 1090 g/mol. The van der Waals surface area contributed by atoms with Crippen LogP contribution < -0.4 is 36.5 Å². The summed E-state index contributed by atoms with van der Waals surface area (Å²) in [6, 6.07) is 23.0. The van der Waals surface area contributed by atoms with E-state index < -0.39 is 51.5 Å². The van der Waals surface area contributed by atoms with Crippen molar-refractivity contribution >= 4 is 45.3 Å². The molecule has 0 saturated carbocycles. The van der Waals surface area contributed by atoms with Gasteiger partial charge in [0.2, 0.25) is 11.8 Å². The molecule has 0 aliphatic carbocycles. The van der Waals surface area contributed by atoms with Gasteiger partial charge >= 0.3 is 5.97 Å². The molecule has 0 aromatic heterocycles. The first kappa shape index (κ1) is 61.8. The van der Waals surface area contributed by atoms with E-state index in [9.17, 15) is 28.8 Å². The summed E-state index contributed by atoms with van der Waals surface area (Å²) in [7, 11) is -3.92. The molecule has 0 unspecified atom stereocenters. The van der Waals surface area contributed by atoms with Crippen LogP contribution in [0.15, 0.2) is 90.8 Å².